The van der Waals surface area contributed by atoms with Crippen molar-refractivity contribution >= 4 is 23.4 Å². The second-order valence-electron chi connectivity index (χ2n) is 9.69. The number of benzene rings is 2. The molecule has 2 aliphatic rings. The van der Waals surface area contributed by atoms with Crippen molar-refractivity contribution in [1.29, 1.82) is 0 Å². The fourth-order valence-electron chi connectivity index (χ4n) is 5.10. The largest absolute Gasteiger partial charge is 0.497 e. The third-order valence-electron chi connectivity index (χ3n) is 7.12. The number of ketones is 1. The first-order valence-corrected chi connectivity index (χ1v) is 12.7. The molecule has 1 aliphatic carbocycles. The van der Waals surface area contributed by atoms with Crippen LogP contribution in [0.4, 0.5) is 0 Å². The van der Waals surface area contributed by atoms with Crippen molar-refractivity contribution in [3.63, 3.8) is 0 Å². The molecule has 0 saturated carbocycles. The lowest BCUT2D eigenvalue weighted by Gasteiger charge is -2.37. The van der Waals surface area contributed by atoms with Crippen molar-refractivity contribution in [1.82, 2.24) is 0 Å². The van der Waals surface area contributed by atoms with E-state index in [1.165, 1.54) is 6.92 Å². The van der Waals surface area contributed by atoms with Crippen LogP contribution in [0.1, 0.15) is 69.9 Å². The first-order valence-electron chi connectivity index (χ1n) is 12.7. The summed E-state index contributed by atoms with van der Waals surface area (Å²) in [5, 5.41) is 0. The van der Waals surface area contributed by atoms with Gasteiger partial charge in [0.05, 0.1) is 13.2 Å². The third kappa shape index (κ3) is 5.66. The van der Waals surface area contributed by atoms with Gasteiger partial charge in [-0.1, -0.05) is 31.2 Å². The maximum atomic E-state index is 13.7. The van der Waals surface area contributed by atoms with Gasteiger partial charge in [0.2, 0.25) is 0 Å². The summed E-state index contributed by atoms with van der Waals surface area (Å²) < 4.78 is 16.2. The molecule has 7 nitrogen and oxygen atoms in total. The van der Waals surface area contributed by atoms with Crippen LogP contribution in [0.2, 0.25) is 0 Å². The zero-order chi connectivity index (χ0) is 26.7. The van der Waals surface area contributed by atoms with Crippen LogP contribution in [-0.2, 0) is 19.1 Å². The van der Waals surface area contributed by atoms with Gasteiger partial charge in [0.25, 0.3) is 0 Å². The molecule has 0 bridgehead atoms. The second-order valence-corrected chi connectivity index (χ2v) is 9.69. The third-order valence-corrected chi connectivity index (χ3v) is 7.12. The van der Waals surface area contributed by atoms with E-state index in [-0.39, 0.29) is 23.8 Å². The molecule has 37 heavy (non-hydrogen) atoms. The molecule has 0 spiro atoms. The van der Waals surface area contributed by atoms with Gasteiger partial charge < -0.3 is 14.2 Å². The minimum absolute atomic E-state index is 0.00989. The summed E-state index contributed by atoms with van der Waals surface area (Å²) in [5.41, 5.74) is 3.75. The van der Waals surface area contributed by atoms with Gasteiger partial charge in [-0.15, -0.1) is 0 Å². The number of ether oxygens (including phenoxy) is 3. The maximum Gasteiger partial charge on any atom is 0.315 e. The molecular formula is C30H33NO6. The first kappa shape index (κ1) is 26.3. The van der Waals surface area contributed by atoms with Crippen LogP contribution in [0, 0.1) is 5.92 Å². The lowest BCUT2D eigenvalue weighted by atomic mass is 9.69. The van der Waals surface area contributed by atoms with Gasteiger partial charge in [0.1, 0.15) is 17.4 Å². The highest BCUT2D eigenvalue weighted by molar-refractivity contribution is 6.09. The normalized spacial score (nSPS) is 22.0. The lowest BCUT2D eigenvalue weighted by molar-refractivity contribution is -0.151. The number of methoxy groups -OCH3 is 1. The molecule has 0 amide bonds. The lowest BCUT2D eigenvalue weighted by Crippen LogP contribution is -2.39. The molecule has 0 N–H and O–H groups in total. The second kappa shape index (κ2) is 11.1. The van der Waals surface area contributed by atoms with E-state index in [4.69, 9.17) is 19.2 Å². The average Bonchev–Trinajstić information content (AvgIpc) is 2.87. The smallest absolute Gasteiger partial charge is 0.315 e. The van der Waals surface area contributed by atoms with E-state index in [9.17, 15) is 14.4 Å². The van der Waals surface area contributed by atoms with E-state index in [2.05, 4.69) is 0 Å². The van der Waals surface area contributed by atoms with Crippen LogP contribution < -0.4 is 9.47 Å². The number of carbonyl (C=O) groups is 3. The predicted molar refractivity (Wildman–Crippen MR) is 140 cm³/mol. The topological polar surface area (TPSA) is 91.3 Å². The SMILES string of the molecule is CC[C@@H](C)OC(=O)C1C(C)=NC2=C(C(=O)C[C@H](c3ccc(OC)cc3)C2)[C@@H]1c1ccc(OC(C)=O)cc1. The number of aliphatic imine (C=N–C) groups is 1. The number of rotatable bonds is 7. The molecule has 1 heterocycles. The summed E-state index contributed by atoms with van der Waals surface area (Å²) in [4.78, 5) is 43.3. The predicted octanol–water partition coefficient (Wildman–Crippen LogP) is 5.54. The molecule has 0 fully saturated rings. The molecule has 0 aromatic heterocycles. The van der Waals surface area contributed by atoms with Crippen molar-refractivity contribution < 1.29 is 28.6 Å². The van der Waals surface area contributed by atoms with E-state index >= 15 is 0 Å². The van der Waals surface area contributed by atoms with Gasteiger partial charge in [-0.25, -0.2) is 0 Å². The minimum atomic E-state index is -0.714. The molecule has 2 aromatic carbocycles. The van der Waals surface area contributed by atoms with Gasteiger partial charge in [-0.05, 0) is 68.0 Å². The van der Waals surface area contributed by atoms with E-state index < -0.39 is 17.8 Å². The van der Waals surface area contributed by atoms with Crippen LogP contribution in [0.3, 0.4) is 0 Å². The summed E-state index contributed by atoms with van der Waals surface area (Å²) in [5.74, 6) is -0.912. The van der Waals surface area contributed by atoms with Crippen molar-refractivity contribution in [2.45, 2.75) is 64.9 Å². The first-order chi connectivity index (χ1) is 17.7. The summed E-state index contributed by atoms with van der Waals surface area (Å²) in [6.07, 6.45) is 1.37. The minimum Gasteiger partial charge on any atom is -0.497 e. The quantitative estimate of drug-likeness (QED) is 0.364. The standard InChI is InChI=1S/C30H33NO6/c1-6-17(2)36-30(34)27-18(3)31-25-15-22(20-7-11-23(35-5)12-8-20)16-26(33)29(25)28(27)21-9-13-24(14-10-21)37-19(4)32/h7-14,17,22,27-28H,6,15-16H2,1-5H3/t17-,22-,27?,28-/m1/s1. The molecular weight excluding hydrogens is 470 g/mol. The summed E-state index contributed by atoms with van der Waals surface area (Å²) >= 11 is 0. The fourth-order valence-corrected chi connectivity index (χ4v) is 5.10. The van der Waals surface area contributed by atoms with E-state index in [0.717, 1.165) is 22.6 Å². The van der Waals surface area contributed by atoms with Gasteiger partial charge in [0, 0.05) is 36.2 Å². The van der Waals surface area contributed by atoms with Crippen molar-refractivity contribution in [3.8, 4) is 11.5 Å². The van der Waals surface area contributed by atoms with E-state index in [1.807, 2.05) is 45.0 Å². The Balaban J connectivity index is 1.74. The van der Waals surface area contributed by atoms with Crippen LogP contribution >= 0.6 is 0 Å². The van der Waals surface area contributed by atoms with E-state index in [0.29, 0.717) is 36.3 Å². The molecule has 1 aliphatic heterocycles. The molecule has 4 atom stereocenters. The van der Waals surface area contributed by atoms with Gasteiger partial charge in [-0.2, -0.15) is 0 Å². The average molecular weight is 504 g/mol. The number of esters is 2. The summed E-state index contributed by atoms with van der Waals surface area (Å²) in [6, 6.07) is 14.7. The van der Waals surface area contributed by atoms with Crippen LogP contribution in [0.25, 0.3) is 0 Å². The molecule has 0 radical (unpaired) electrons. The monoisotopic (exact) mass is 503 g/mol. The molecule has 4 rings (SSSR count). The van der Waals surface area contributed by atoms with Crippen LogP contribution in [0.15, 0.2) is 64.8 Å². The van der Waals surface area contributed by atoms with Crippen molar-refractivity contribution in [2.24, 2.45) is 10.9 Å². The van der Waals surface area contributed by atoms with Gasteiger partial charge in [-0.3, -0.25) is 19.4 Å². The molecule has 0 saturated heterocycles. The van der Waals surface area contributed by atoms with Crippen molar-refractivity contribution in [2.75, 3.05) is 7.11 Å². The highest BCUT2D eigenvalue weighted by Gasteiger charge is 2.45. The number of nitrogens with zero attached hydrogens (tertiary/aromatic N) is 1. The number of allylic oxidation sites excluding steroid dienone is 2. The zero-order valence-corrected chi connectivity index (χ0v) is 21.9. The Labute approximate surface area is 217 Å². The molecule has 7 heteroatoms. The zero-order valence-electron chi connectivity index (χ0n) is 21.9. The van der Waals surface area contributed by atoms with Crippen LogP contribution in [-0.4, -0.2) is 36.6 Å². The van der Waals surface area contributed by atoms with Crippen molar-refractivity contribution in [3.05, 3.63) is 70.9 Å². The fraction of sp³-hybridized carbons (Fsp3) is 0.400. The Hall–Kier alpha value is -3.74. The van der Waals surface area contributed by atoms with E-state index in [1.54, 1.807) is 31.4 Å². The Morgan fingerprint density at radius 2 is 1.62 bits per heavy atom. The van der Waals surface area contributed by atoms with Gasteiger partial charge in [0.15, 0.2) is 5.78 Å². The number of carbonyl (C=O) groups excluding carboxylic acids is 3. The Kier molecular flexibility index (Phi) is 7.91. The summed E-state index contributed by atoms with van der Waals surface area (Å²) in [6.45, 7) is 6.97. The highest BCUT2D eigenvalue weighted by Crippen LogP contribution is 2.47. The Morgan fingerprint density at radius 1 is 1.00 bits per heavy atom. The maximum absolute atomic E-state index is 13.7. The number of hydrogen-bond donors (Lipinski definition) is 0. The Bertz CT molecular complexity index is 1240. The summed E-state index contributed by atoms with van der Waals surface area (Å²) in [7, 11) is 1.62. The number of hydrogen-bond acceptors (Lipinski definition) is 7. The molecule has 2 aromatic rings. The molecule has 194 valence electrons. The van der Waals surface area contributed by atoms with Gasteiger partial charge >= 0.3 is 11.9 Å². The number of Topliss-reactive ketones (excluding diaryl/α,β-unsaturated/α-hetero) is 1. The Morgan fingerprint density at radius 3 is 2.22 bits per heavy atom. The highest BCUT2D eigenvalue weighted by atomic mass is 16.5. The molecule has 1 unspecified atom stereocenters. The van der Waals surface area contributed by atoms with Crippen LogP contribution in [0.5, 0.6) is 11.5 Å².